The Bertz CT molecular complexity index is 1510. The molecule has 2 N–H and O–H groups in total. The van der Waals surface area contributed by atoms with Crippen molar-refractivity contribution in [1.29, 1.82) is 0 Å². The number of benzene rings is 3. The third kappa shape index (κ3) is 9.60. The highest BCUT2D eigenvalue weighted by atomic mass is 16.6. The van der Waals surface area contributed by atoms with E-state index in [0.717, 1.165) is 16.9 Å². The summed E-state index contributed by atoms with van der Waals surface area (Å²) in [4.78, 5) is 36.9. The molecule has 0 radical (unpaired) electrons. The van der Waals surface area contributed by atoms with Gasteiger partial charge in [-0.3, -0.25) is 4.79 Å². The maximum absolute atomic E-state index is 12.5. The van der Waals surface area contributed by atoms with Gasteiger partial charge < -0.3 is 29.7 Å². The predicted octanol–water partition coefficient (Wildman–Crippen LogP) is 4.78. The molecule has 4 aromatic rings. The second-order valence-corrected chi connectivity index (χ2v) is 9.65. The molecular weight excluding hydrogens is 548 g/mol. The van der Waals surface area contributed by atoms with Gasteiger partial charge in [-0.25, -0.2) is 9.59 Å². The van der Waals surface area contributed by atoms with Gasteiger partial charge >= 0.3 is 18.1 Å². The molecule has 0 fully saturated rings. The van der Waals surface area contributed by atoms with Gasteiger partial charge in [0.05, 0.1) is 20.3 Å². The van der Waals surface area contributed by atoms with Gasteiger partial charge in [-0.15, -0.1) is 0 Å². The molecule has 0 saturated heterocycles. The molecule has 0 aliphatic carbocycles. The first kappa shape index (κ1) is 30.6. The Morgan fingerprint density at radius 1 is 0.884 bits per heavy atom. The van der Waals surface area contributed by atoms with Crippen molar-refractivity contribution in [2.75, 3.05) is 32.6 Å². The van der Waals surface area contributed by atoms with Crippen molar-refractivity contribution in [3.63, 3.8) is 0 Å². The van der Waals surface area contributed by atoms with Gasteiger partial charge in [-0.05, 0) is 47.0 Å². The van der Waals surface area contributed by atoms with E-state index >= 15 is 0 Å². The highest BCUT2D eigenvalue weighted by Crippen LogP contribution is 2.24. The van der Waals surface area contributed by atoms with Crippen LogP contribution in [0.15, 0.2) is 103 Å². The molecular formula is C33H35N4O6+. The quantitative estimate of drug-likeness (QED) is 0.184. The van der Waals surface area contributed by atoms with Crippen molar-refractivity contribution in [2.24, 2.45) is 0 Å². The van der Waals surface area contributed by atoms with E-state index in [1.165, 1.54) is 30.8 Å². The average Bonchev–Trinajstić information content (AvgIpc) is 3.04. The monoisotopic (exact) mass is 583 g/mol. The van der Waals surface area contributed by atoms with E-state index in [4.69, 9.17) is 9.47 Å². The van der Waals surface area contributed by atoms with E-state index in [-0.39, 0.29) is 25.9 Å². The minimum atomic E-state index is -0.661. The number of hydrogen-bond acceptors (Lipinski definition) is 6. The number of methoxy groups -OCH3 is 1. The minimum Gasteiger partial charge on any atom is -0.493 e. The van der Waals surface area contributed by atoms with Gasteiger partial charge in [0.2, 0.25) is 0 Å². The number of amides is 3. The molecule has 3 amide bonds. The smallest absolute Gasteiger partial charge is 0.414 e. The number of rotatable bonds is 12. The normalized spacial score (nSPS) is 10.4. The van der Waals surface area contributed by atoms with Crippen LogP contribution < -0.4 is 19.9 Å². The third-order valence-corrected chi connectivity index (χ3v) is 6.47. The maximum Gasteiger partial charge on any atom is 0.414 e. The summed E-state index contributed by atoms with van der Waals surface area (Å²) >= 11 is 0. The number of esters is 1. The number of hydrogen-bond donors (Lipinski definition) is 2. The summed E-state index contributed by atoms with van der Waals surface area (Å²) in [6.45, 7) is 0.517. The van der Waals surface area contributed by atoms with Crippen LogP contribution in [0.1, 0.15) is 11.1 Å². The van der Waals surface area contributed by atoms with E-state index < -0.39 is 12.1 Å². The van der Waals surface area contributed by atoms with Gasteiger partial charge in [0.1, 0.15) is 12.3 Å². The highest BCUT2D eigenvalue weighted by molar-refractivity contribution is 5.89. The summed E-state index contributed by atoms with van der Waals surface area (Å²) in [6.07, 6.45) is 3.58. The molecule has 0 atom stereocenters. The molecule has 0 aliphatic heterocycles. The predicted molar refractivity (Wildman–Crippen MR) is 161 cm³/mol. The number of nitrogens with one attached hydrogen (secondary N) is 2. The van der Waals surface area contributed by atoms with Crippen LogP contribution in [0.25, 0.3) is 11.1 Å². The lowest BCUT2D eigenvalue weighted by Gasteiger charge is -2.14. The Kier molecular flexibility index (Phi) is 11.1. The van der Waals surface area contributed by atoms with E-state index in [1.807, 2.05) is 48.5 Å². The SMILES string of the molecule is COC(=O)CN(C)C(=O)OC[n+]1cccc(CNC(=O)Nc2ccc(OCCc3ccccc3-c3ccccc3)cc2)c1. The van der Waals surface area contributed by atoms with Crippen LogP contribution in [-0.2, 0) is 34.0 Å². The van der Waals surface area contributed by atoms with Crippen molar-refractivity contribution in [1.82, 2.24) is 10.2 Å². The summed E-state index contributed by atoms with van der Waals surface area (Å²) in [5.74, 6) is 0.175. The molecule has 0 unspecified atom stereocenters. The summed E-state index contributed by atoms with van der Waals surface area (Å²) < 4.78 is 17.4. The van der Waals surface area contributed by atoms with Crippen molar-refractivity contribution < 1.29 is 33.2 Å². The lowest BCUT2D eigenvalue weighted by Crippen LogP contribution is -2.40. The Labute approximate surface area is 250 Å². The number of urea groups is 1. The highest BCUT2D eigenvalue weighted by Gasteiger charge is 2.16. The fraction of sp³-hybridized carbons (Fsp3) is 0.212. The van der Waals surface area contributed by atoms with Crippen LogP contribution in [0, 0.1) is 0 Å². The number of carbonyl (C=O) groups is 3. The van der Waals surface area contributed by atoms with Crippen LogP contribution in [-0.4, -0.2) is 50.3 Å². The van der Waals surface area contributed by atoms with Crippen molar-refractivity contribution in [3.8, 4) is 16.9 Å². The molecule has 3 aromatic carbocycles. The van der Waals surface area contributed by atoms with Crippen LogP contribution in [0.4, 0.5) is 15.3 Å². The molecule has 0 aliphatic rings. The number of pyridine rings is 1. The van der Waals surface area contributed by atoms with Gasteiger partial charge in [-0.2, -0.15) is 4.57 Å². The van der Waals surface area contributed by atoms with Crippen molar-refractivity contribution >= 4 is 23.8 Å². The first-order chi connectivity index (χ1) is 20.9. The number of ether oxygens (including phenoxy) is 3. The van der Waals surface area contributed by atoms with Gasteiger partial charge in [0.15, 0.2) is 12.4 Å². The topological polar surface area (TPSA) is 110 Å². The van der Waals surface area contributed by atoms with Gasteiger partial charge in [-0.1, -0.05) is 54.6 Å². The molecule has 0 saturated carbocycles. The zero-order valence-corrected chi connectivity index (χ0v) is 24.2. The zero-order valence-electron chi connectivity index (χ0n) is 24.2. The maximum atomic E-state index is 12.5. The van der Waals surface area contributed by atoms with E-state index in [2.05, 4.69) is 39.6 Å². The van der Waals surface area contributed by atoms with E-state index in [1.54, 1.807) is 35.2 Å². The van der Waals surface area contributed by atoms with E-state index in [0.29, 0.717) is 18.0 Å². The molecule has 10 heteroatoms. The summed E-state index contributed by atoms with van der Waals surface area (Å²) in [7, 11) is 2.69. The number of aromatic nitrogens is 1. The van der Waals surface area contributed by atoms with Crippen LogP contribution >= 0.6 is 0 Å². The van der Waals surface area contributed by atoms with Crippen LogP contribution in [0.3, 0.4) is 0 Å². The standard InChI is InChI=1S/C33H34N4O6/c1-36(23-31(38)41-2)33(40)43-24-37-19-8-9-25(22-37)21-34-32(39)35-28-14-16-29(17-15-28)42-20-18-27-12-6-7-13-30(27)26-10-4-3-5-11-26/h3-17,19,22H,18,20-21,23-24H2,1-2H3,(H-,34,35,39)/p+1. The van der Waals surface area contributed by atoms with Crippen molar-refractivity contribution in [2.45, 2.75) is 19.7 Å². The number of carbonyl (C=O) groups excluding carboxylic acids is 3. The zero-order chi connectivity index (χ0) is 30.4. The Hall–Kier alpha value is -5.38. The van der Waals surface area contributed by atoms with Gasteiger partial charge in [0, 0.05) is 30.8 Å². The van der Waals surface area contributed by atoms with Crippen molar-refractivity contribution in [3.05, 3.63) is 115 Å². The second-order valence-electron chi connectivity index (χ2n) is 9.65. The van der Waals surface area contributed by atoms with Crippen LogP contribution in [0.2, 0.25) is 0 Å². The third-order valence-electron chi connectivity index (χ3n) is 6.47. The van der Waals surface area contributed by atoms with E-state index in [9.17, 15) is 14.4 Å². The second kappa shape index (κ2) is 15.6. The fourth-order valence-corrected chi connectivity index (χ4v) is 4.23. The number of anilines is 1. The fourth-order valence-electron chi connectivity index (χ4n) is 4.23. The molecule has 1 aromatic heterocycles. The summed E-state index contributed by atoms with van der Waals surface area (Å²) in [6, 6.07) is 29.1. The largest absolute Gasteiger partial charge is 0.493 e. The Morgan fingerprint density at radius 3 is 2.40 bits per heavy atom. The molecule has 222 valence electrons. The summed E-state index contributed by atoms with van der Waals surface area (Å²) in [5, 5.41) is 5.62. The molecule has 43 heavy (non-hydrogen) atoms. The Morgan fingerprint density at radius 2 is 1.63 bits per heavy atom. The number of nitrogens with zero attached hydrogens (tertiary/aromatic N) is 2. The minimum absolute atomic E-state index is 0.0572. The summed E-state index contributed by atoms with van der Waals surface area (Å²) in [5.41, 5.74) is 5.03. The first-order valence-electron chi connectivity index (χ1n) is 13.7. The molecule has 10 nitrogen and oxygen atoms in total. The lowest BCUT2D eigenvalue weighted by molar-refractivity contribution is -0.727. The van der Waals surface area contributed by atoms with Crippen LogP contribution in [0.5, 0.6) is 5.75 Å². The first-order valence-corrected chi connectivity index (χ1v) is 13.7. The lowest BCUT2D eigenvalue weighted by atomic mass is 9.98. The molecule has 0 bridgehead atoms. The van der Waals surface area contributed by atoms with Gasteiger partial charge in [0.25, 0.3) is 6.73 Å². The average molecular weight is 584 g/mol. The number of likely N-dealkylation sites (N-methyl/N-ethyl adjacent to an activating group) is 1. The Balaban J connectivity index is 1.20. The molecule has 0 spiro atoms. The molecule has 1 heterocycles. The molecule has 4 rings (SSSR count).